The van der Waals surface area contributed by atoms with Gasteiger partial charge in [-0.2, -0.15) is 0 Å². The Balaban J connectivity index is 2.21. The van der Waals surface area contributed by atoms with Gasteiger partial charge in [0.15, 0.2) is 11.5 Å². The highest BCUT2D eigenvalue weighted by Crippen LogP contribution is 2.31. The number of hydrogen-bond donors (Lipinski definition) is 2. The average molecular weight is 336 g/mol. The van der Waals surface area contributed by atoms with Gasteiger partial charge in [-0.3, -0.25) is 0 Å². The van der Waals surface area contributed by atoms with Crippen LogP contribution in [0.1, 0.15) is 12.5 Å². The molecule has 0 aliphatic rings. The largest absolute Gasteiger partial charge is 0.493 e. The molecule has 6 nitrogen and oxygen atoms in total. The number of nitrogen functional groups attached to an aromatic ring is 1. The molecule has 0 aliphatic heterocycles. The summed E-state index contributed by atoms with van der Waals surface area (Å²) in [5.74, 6) is 1.11. The standard InChI is InChI=1S/C16H20N2O4S/c1-3-22-16-12(5-4-6-15(16)21-2)11-18-23(19,20)14-9-7-13(17)8-10-14/h4-10,18H,3,11,17H2,1-2H3. The second kappa shape index (κ2) is 7.34. The Kier molecular flexibility index (Phi) is 5.46. The second-order valence-corrected chi connectivity index (χ2v) is 6.54. The Morgan fingerprint density at radius 2 is 1.83 bits per heavy atom. The first-order valence-electron chi connectivity index (χ1n) is 7.12. The molecule has 124 valence electrons. The van der Waals surface area contributed by atoms with E-state index in [0.29, 0.717) is 29.4 Å². The Morgan fingerprint density at radius 3 is 2.43 bits per heavy atom. The van der Waals surface area contributed by atoms with Gasteiger partial charge in [0.2, 0.25) is 10.0 Å². The first kappa shape index (κ1) is 17.1. The van der Waals surface area contributed by atoms with Gasteiger partial charge in [-0.05, 0) is 37.3 Å². The molecule has 3 N–H and O–H groups in total. The number of sulfonamides is 1. The Bertz CT molecular complexity index is 758. The van der Waals surface area contributed by atoms with Crippen molar-refractivity contribution in [2.75, 3.05) is 19.5 Å². The summed E-state index contributed by atoms with van der Waals surface area (Å²) in [6.07, 6.45) is 0. The zero-order valence-electron chi connectivity index (χ0n) is 13.1. The van der Waals surface area contributed by atoms with Gasteiger partial charge >= 0.3 is 0 Å². The molecule has 0 aromatic heterocycles. The molecule has 2 aromatic rings. The third kappa shape index (κ3) is 4.14. The molecule has 0 atom stereocenters. The van der Waals surface area contributed by atoms with Gasteiger partial charge < -0.3 is 15.2 Å². The zero-order valence-corrected chi connectivity index (χ0v) is 13.9. The Labute approximate surface area is 136 Å². The van der Waals surface area contributed by atoms with Crippen LogP contribution in [0.15, 0.2) is 47.4 Å². The molecule has 0 saturated carbocycles. The molecule has 0 bridgehead atoms. The van der Waals surface area contributed by atoms with Crippen molar-refractivity contribution in [2.24, 2.45) is 0 Å². The summed E-state index contributed by atoms with van der Waals surface area (Å²) >= 11 is 0. The normalized spacial score (nSPS) is 11.2. The van der Waals surface area contributed by atoms with E-state index >= 15 is 0 Å². The van der Waals surface area contributed by atoms with E-state index in [0.717, 1.165) is 0 Å². The molecule has 0 heterocycles. The summed E-state index contributed by atoms with van der Waals surface area (Å²) in [5.41, 5.74) is 6.78. The van der Waals surface area contributed by atoms with Crippen molar-refractivity contribution >= 4 is 15.7 Å². The van der Waals surface area contributed by atoms with E-state index in [9.17, 15) is 8.42 Å². The van der Waals surface area contributed by atoms with E-state index in [1.807, 2.05) is 6.92 Å². The fourth-order valence-corrected chi connectivity index (χ4v) is 3.08. The number of rotatable bonds is 7. The van der Waals surface area contributed by atoms with E-state index in [2.05, 4.69) is 4.72 Å². The number of nitrogens with one attached hydrogen (secondary N) is 1. The molecule has 0 radical (unpaired) electrons. The second-order valence-electron chi connectivity index (χ2n) is 4.78. The SMILES string of the molecule is CCOc1c(CNS(=O)(=O)c2ccc(N)cc2)cccc1OC. The molecule has 7 heteroatoms. The van der Waals surface area contributed by atoms with E-state index in [1.165, 1.54) is 12.1 Å². The molecule has 2 rings (SSSR count). The summed E-state index contributed by atoms with van der Waals surface area (Å²) in [6, 6.07) is 11.4. The van der Waals surface area contributed by atoms with Crippen LogP contribution in [0.5, 0.6) is 11.5 Å². The molecule has 0 amide bonds. The van der Waals surface area contributed by atoms with Crippen LogP contribution in [0.3, 0.4) is 0 Å². The van der Waals surface area contributed by atoms with Gasteiger partial charge in [0.05, 0.1) is 18.6 Å². The van der Waals surface area contributed by atoms with Crippen molar-refractivity contribution in [3.63, 3.8) is 0 Å². The van der Waals surface area contributed by atoms with Gasteiger partial charge in [-0.15, -0.1) is 0 Å². The maximum atomic E-state index is 12.3. The average Bonchev–Trinajstić information content (AvgIpc) is 2.54. The highest BCUT2D eigenvalue weighted by Gasteiger charge is 2.16. The maximum absolute atomic E-state index is 12.3. The number of anilines is 1. The minimum absolute atomic E-state index is 0.0965. The fourth-order valence-electron chi connectivity index (χ4n) is 2.07. The van der Waals surface area contributed by atoms with Crippen molar-refractivity contribution in [1.82, 2.24) is 4.72 Å². The number of benzene rings is 2. The Hall–Kier alpha value is -2.25. The molecule has 23 heavy (non-hydrogen) atoms. The quantitative estimate of drug-likeness (QED) is 0.756. The number of methoxy groups -OCH3 is 1. The lowest BCUT2D eigenvalue weighted by atomic mass is 10.2. The maximum Gasteiger partial charge on any atom is 0.240 e. The van der Waals surface area contributed by atoms with Gasteiger partial charge in [-0.25, -0.2) is 13.1 Å². The lowest BCUT2D eigenvalue weighted by Gasteiger charge is -2.14. The van der Waals surface area contributed by atoms with Gasteiger partial charge in [0, 0.05) is 17.8 Å². The smallest absolute Gasteiger partial charge is 0.240 e. The van der Waals surface area contributed by atoms with Crippen LogP contribution in [-0.2, 0) is 16.6 Å². The van der Waals surface area contributed by atoms with Crippen molar-refractivity contribution in [2.45, 2.75) is 18.4 Å². The van der Waals surface area contributed by atoms with E-state index < -0.39 is 10.0 Å². The zero-order chi connectivity index (χ0) is 16.9. The molecule has 0 saturated heterocycles. The van der Waals surface area contributed by atoms with E-state index in [4.69, 9.17) is 15.2 Å². The van der Waals surface area contributed by atoms with Crippen LogP contribution in [0.2, 0.25) is 0 Å². The number of para-hydroxylation sites is 1. The van der Waals surface area contributed by atoms with Crippen molar-refractivity contribution in [3.05, 3.63) is 48.0 Å². The lowest BCUT2D eigenvalue weighted by molar-refractivity contribution is 0.307. The summed E-state index contributed by atoms with van der Waals surface area (Å²) in [6.45, 7) is 2.41. The molecule has 0 spiro atoms. The minimum Gasteiger partial charge on any atom is -0.493 e. The summed E-state index contributed by atoms with van der Waals surface area (Å²) in [4.78, 5) is 0.160. The van der Waals surface area contributed by atoms with Crippen LogP contribution in [0.4, 0.5) is 5.69 Å². The summed E-state index contributed by atoms with van der Waals surface area (Å²) in [5, 5.41) is 0. The van der Waals surface area contributed by atoms with Gasteiger partial charge in [-0.1, -0.05) is 12.1 Å². The predicted molar refractivity (Wildman–Crippen MR) is 89.0 cm³/mol. The first-order valence-corrected chi connectivity index (χ1v) is 8.60. The highest BCUT2D eigenvalue weighted by molar-refractivity contribution is 7.89. The number of nitrogens with two attached hydrogens (primary N) is 1. The third-order valence-corrected chi connectivity index (χ3v) is 4.63. The van der Waals surface area contributed by atoms with Gasteiger partial charge in [0.1, 0.15) is 0 Å². The third-order valence-electron chi connectivity index (χ3n) is 3.21. The van der Waals surface area contributed by atoms with Crippen LogP contribution < -0.4 is 19.9 Å². The summed E-state index contributed by atoms with van der Waals surface area (Å²) in [7, 11) is -2.09. The van der Waals surface area contributed by atoms with E-state index in [1.54, 1.807) is 37.4 Å². The summed E-state index contributed by atoms with van der Waals surface area (Å²) < 4.78 is 38.0. The monoisotopic (exact) mass is 336 g/mol. The Morgan fingerprint density at radius 1 is 1.13 bits per heavy atom. The topological polar surface area (TPSA) is 90.7 Å². The molecular formula is C16H20N2O4S. The highest BCUT2D eigenvalue weighted by atomic mass is 32.2. The molecule has 0 fully saturated rings. The molecular weight excluding hydrogens is 316 g/mol. The lowest BCUT2D eigenvalue weighted by Crippen LogP contribution is -2.23. The van der Waals surface area contributed by atoms with Crippen LogP contribution in [0, 0.1) is 0 Å². The van der Waals surface area contributed by atoms with Crippen LogP contribution in [0.25, 0.3) is 0 Å². The van der Waals surface area contributed by atoms with Gasteiger partial charge in [0.25, 0.3) is 0 Å². The van der Waals surface area contributed by atoms with E-state index in [-0.39, 0.29) is 11.4 Å². The van der Waals surface area contributed by atoms with Crippen molar-refractivity contribution in [1.29, 1.82) is 0 Å². The number of ether oxygens (including phenoxy) is 2. The number of hydrogen-bond acceptors (Lipinski definition) is 5. The fraction of sp³-hybridized carbons (Fsp3) is 0.250. The first-order chi connectivity index (χ1) is 11.0. The van der Waals surface area contributed by atoms with Crippen molar-refractivity contribution in [3.8, 4) is 11.5 Å². The van der Waals surface area contributed by atoms with Crippen LogP contribution in [-0.4, -0.2) is 22.1 Å². The molecule has 0 unspecified atom stereocenters. The molecule has 2 aromatic carbocycles. The molecule has 0 aliphatic carbocycles. The predicted octanol–water partition coefficient (Wildman–Crippen LogP) is 2.15. The van der Waals surface area contributed by atoms with Crippen molar-refractivity contribution < 1.29 is 17.9 Å². The minimum atomic E-state index is -3.63. The van der Waals surface area contributed by atoms with Crippen LogP contribution >= 0.6 is 0 Å².